The summed E-state index contributed by atoms with van der Waals surface area (Å²) in [7, 11) is 0. The fourth-order valence-corrected chi connectivity index (χ4v) is 4.55. The van der Waals surface area contributed by atoms with Crippen molar-refractivity contribution in [2.24, 2.45) is 11.8 Å². The van der Waals surface area contributed by atoms with Crippen LogP contribution in [0.2, 0.25) is 0 Å². The number of nitrogens with zero attached hydrogens (tertiary/aromatic N) is 1. The topological polar surface area (TPSA) is 41.6 Å². The minimum Gasteiger partial charge on any atom is -0.374 e. The Morgan fingerprint density at radius 1 is 1.33 bits per heavy atom. The van der Waals surface area contributed by atoms with Gasteiger partial charge in [0.25, 0.3) is 0 Å². The lowest BCUT2D eigenvalue weighted by Crippen LogP contribution is -2.48. The zero-order valence-corrected chi connectivity index (χ0v) is 14.6. The van der Waals surface area contributed by atoms with Crippen molar-refractivity contribution in [3.63, 3.8) is 0 Å². The maximum Gasteiger partial charge on any atom is 0.234 e. The van der Waals surface area contributed by atoms with E-state index in [1.165, 1.54) is 17.5 Å². The Balaban J connectivity index is 1.18. The largest absolute Gasteiger partial charge is 0.374 e. The van der Waals surface area contributed by atoms with Gasteiger partial charge in [0.15, 0.2) is 0 Å². The van der Waals surface area contributed by atoms with Crippen molar-refractivity contribution in [3.05, 3.63) is 35.4 Å². The zero-order valence-electron chi connectivity index (χ0n) is 14.6. The Kier molecular flexibility index (Phi) is 4.35. The van der Waals surface area contributed by atoms with Crippen LogP contribution in [0.3, 0.4) is 0 Å². The number of aryl methyl sites for hydroxylation is 1. The Hall–Kier alpha value is -1.39. The highest BCUT2D eigenvalue weighted by Gasteiger charge is 2.59. The number of carbonyl (C=O) groups is 1. The Morgan fingerprint density at radius 2 is 2.12 bits per heavy atom. The van der Waals surface area contributed by atoms with Gasteiger partial charge in [-0.05, 0) is 55.6 Å². The van der Waals surface area contributed by atoms with Gasteiger partial charge in [-0.1, -0.05) is 24.3 Å². The zero-order chi connectivity index (χ0) is 16.6. The van der Waals surface area contributed by atoms with Crippen LogP contribution in [0.1, 0.15) is 30.4 Å². The number of rotatable bonds is 5. The normalized spacial score (nSPS) is 27.9. The average Bonchev–Trinajstić information content (AvgIpc) is 3.30. The molecular formula is C20H28N2O2. The first kappa shape index (κ1) is 16.1. The number of carbonyl (C=O) groups excluding carboxylic acids is 1. The van der Waals surface area contributed by atoms with E-state index in [0.29, 0.717) is 13.1 Å². The second-order valence-corrected chi connectivity index (χ2v) is 7.78. The fourth-order valence-electron chi connectivity index (χ4n) is 4.55. The quantitative estimate of drug-likeness (QED) is 0.900. The van der Waals surface area contributed by atoms with E-state index in [0.717, 1.165) is 50.8 Å². The molecule has 4 rings (SSSR count). The van der Waals surface area contributed by atoms with Crippen molar-refractivity contribution in [2.45, 2.75) is 38.2 Å². The van der Waals surface area contributed by atoms with E-state index < -0.39 is 0 Å². The van der Waals surface area contributed by atoms with E-state index in [1.54, 1.807) is 0 Å². The lowest BCUT2D eigenvalue weighted by atomic mass is 9.86. The maximum absolute atomic E-state index is 12.2. The highest BCUT2D eigenvalue weighted by molar-refractivity contribution is 5.78. The first-order valence-corrected chi connectivity index (χ1v) is 9.34. The molecule has 130 valence electrons. The number of benzene rings is 1. The average molecular weight is 328 g/mol. The summed E-state index contributed by atoms with van der Waals surface area (Å²) >= 11 is 0. The molecule has 0 aromatic heterocycles. The van der Waals surface area contributed by atoms with E-state index in [2.05, 4.69) is 41.4 Å². The van der Waals surface area contributed by atoms with Crippen molar-refractivity contribution in [1.82, 2.24) is 10.2 Å². The molecule has 2 heterocycles. The molecule has 1 aromatic rings. The van der Waals surface area contributed by atoms with Crippen LogP contribution in [-0.2, 0) is 16.0 Å². The summed E-state index contributed by atoms with van der Waals surface area (Å²) in [6.07, 6.45) is 4.48. The molecule has 3 fully saturated rings. The van der Waals surface area contributed by atoms with Crippen molar-refractivity contribution >= 4 is 5.91 Å². The number of likely N-dealkylation sites (tertiary alicyclic amines) is 1. The van der Waals surface area contributed by atoms with Crippen LogP contribution in [0.5, 0.6) is 0 Å². The van der Waals surface area contributed by atoms with Crippen molar-refractivity contribution in [2.75, 3.05) is 32.8 Å². The molecule has 4 heteroatoms. The molecule has 24 heavy (non-hydrogen) atoms. The molecule has 4 nitrogen and oxygen atoms in total. The number of nitrogens with one attached hydrogen (secondary N) is 1. The summed E-state index contributed by atoms with van der Waals surface area (Å²) in [6, 6.07) is 8.37. The van der Waals surface area contributed by atoms with E-state index in [-0.39, 0.29) is 11.5 Å². The van der Waals surface area contributed by atoms with Crippen molar-refractivity contribution < 1.29 is 9.53 Å². The number of hydrogen-bond acceptors (Lipinski definition) is 3. The predicted molar refractivity (Wildman–Crippen MR) is 93.8 cm³/mol. The van der Waals surface area contributed by atoms with Gasteiger partial charge in [0.1, 0.15) is 0 Å². The lowest BCUT2D eigenvalue weighted by Gasteiger charge is -2.39. The summed E-state index contributed by atoms with van der Waals surface area (Å²) in [5.41, 5.74) is 2.78. The second kappa shape index (κ2) is 6.49. The Morgan fingerprint density at radius 3 is 2.79 bits per heavy atom. The third-order valence-electron chi connectivity index (χ3n) is 6.23. The van der Waals surface area contributed by atoms with Gasteiger partial charge in [0, 0.05) is 19.6 Å². The minimum atomic E-state index is 0.149. The number of hydrogen-bond donors (Lipinski definition) is 1. The number of piperidine rings is 1. The molecule has 2 atom stereocenters. The standard InChI is InChI=1S/C20H28N2O2/c1-15-4-2-3-5-16(15)6-9-21-19(23)13-22-10-7-20(8-11-22)18-12-17(18)14-24-20/h2-5,17-18H,6-14H2,1H3,(H,21,23). The molecule has 1 N–H and O–H groups in total. The molecule has 1 spiro atoms. The van der Waals surface area contributed by atoms with Gasteiger partial charge in [-0.3, -0.25) is 9.69 Å². The Bertz CT molecular complexity index is 607. The third-order valence-corrected chi connectivity index (χ3v) is 6.23. The van der Waals surface area contributed by atoms with Crippen LogP contribution in [0.15, 0.2) is 24.3 Å². The minimum absolute atomic E-state index is 0.149. The molecule has 3 aliphatic rings. The van der Waals surface area contributed by atoms with Crippen molar-refractivity contribution in [1.29, 1.82) is 0 Å². The molecule has 0 bridgehead atoms. The SMILES string of the molecule is Cc1ccccc1CCNC(=O)CN1CCC2(CC1)OCC1CC12. The van der Waals surface area contributed by atoms with Crippen LogP contribution in [-0.4, -0.2) is 49.2 Å². The highest BCUT2D eigenvalue weighted by Crippen LogP contribution is 2.57. The molecule has 2 unspecified atom stereocenters. The first-order valence-electron chi connectivity index (χ1n) is 9.34. The van der Waals surface area contributed by atoms with Crippen LogP contribution >= 0.6 is 0 Å². The molecule has 1 saturated carbocycles. The molecule has 1 aromatic carbocycles. The highest BCUT2D eigenvalue weighted by atomic mass is 16.5. The fraction of sp³-hybridized carbons (Fsp3) is 0.650. The second-order valence-electron chi connectivity index (χ2n) is 7.78. The van der Waals surface area contributed by atoms with E-state index in [4.69, 9.17) is 4.74 Å². The first-order chi connectivity index (χ1) is 11.7. The summed E-state index contributed by atoms with van der Waals surface area (Å²) < 4.78 is 6.09. The van der Waals surface area contributed by atoms with Gasteiger partial charge in [0.05, 0.1) is 18.8 Å². The Labute approximate surface area is 144 Å². The molecular weight excluding hydrogens is 300 g/mol. The molecule has 1 aliphatic carbocycles. The molecule has 2 saturated heterocycles. The number of ether oxygens (including phenoxy) is 1. The van der Waals surface area contributed by atoms with Crippen LogP contribution < -0.4 is 5.32 Å². The van der Waals surface area contributed by atoms with Gasteiger partial charge in [0.2, 0.25) is 5.91 Å². The van der Waals surface area contributed by atoms with Crippen LogP contribution in [0.25, 0.3) is 0 Å². The van der Waals surface area contributed by atoms with Gasteiger partial charge >= 0.3 is 0 Å². The van der Waals surface area contributed by atoms with E-state index in [9.17, 15) is 4.79 Å². The maximum atomic E-state index is 12.2. The van der Waals surface area contributed by atoms with Gasteiger partial charge in [-0.15, -0.1) is 0 Å². The summed E-state index contributed by atoms with van der Waals surface area (Å²) in [4.78, 5) is 14.5. The van der Waals surface area contributed by atoms with Gasteiger partial charge in [-0.2, -0.15) is 0 Å². The summed E-state index contributed by atoms with van der Waals surface area (Å²) in [6.45, 7) is 6.33. The van der Waals surface area contributed by atoms with Gasteiger partial charge in [-0.25, -0.2) is 0 Å². The number of amides is 1. The monoisotopic (exact) mass is 328 g/mol. The number of fused-ring (bicyclic) bond motifs is 2. The van der Waals surface area contributed by atoms with E-state index >= 15 is 0 Å². The molecule has 1 amide bonds. The summed E-state index contributed by atoms with van der Waals surface area (Å²) in [5.74, 6) is 1.82. The predicted octanol–water partition coefficient (Wildman–Crippen LogP) is 2.15. The lowest BCUT2D eigenvalue weighted by molar-refractivity contribution is -0.124. The molecule has 2 aliphatic heterocycles. The van der Waals surface area contributed by atoms with E-state index in [1.807, 2.05) is 0 Å². The third kappa shape index (κ3) is 3.22. The van der Waals surface area contributed by atoms with Crippen molar-refractivity contribution in [3.8, 4) is 0 Å². The van der Waals surface area contributed by atoms with Gasteiger partial charge < -0.3 is 10.1 Å². The smallest absolute Gasteiger partial charge is 0.234 e. The van der Waals surface area contributed by atoms with Crippen LogP contribution in [0.4, 0.5) is 0 Å². The van der Waals surface area contributed by atoms with Crippen LogP contribution in [0, 0.1) is 18.8 Å². The molecule has 0 radical (unpaired) electrons. The summed E-state index contributed by atoms with van der Waals surface area (Å²) in [5, 5.41) is 3.07.